The number of amides is 2. The first-order valence-electron chi connectivity index (χ1n) is 7.73. The van der Waals surface area contributed by atoms with E-state index in [4.69, 9.17) is 10.5 Å². The van der Waals surface area contributed by atoms with Crippen LogP contribution >= 0.6 is 0 Å². The van der Waals surface area contributed by atoms with Gasteiger partial charge in [0, 0.05) is 19.3 Å². The van der Waals surface area contributed by atoms with Crippen LogP contribution in [0.15, 0.2) is 29.2 Å². The zero-order valence-electron chi connectivity index (χ0n) is 13.8. The molecule has 0 spiro atoms. The topological polar surface area (TPSA) is 124 Å². The van der Waals surface area contributed by atoms with E-state index in [2.05, 4.69) is 0 Å². The van der Waals surface area contributed by atoms with E-state index in [1.165, 1.54) is 29.2 Å². The van der Waals surface area contributed by atoms with Crippen LogP contribution in [0.1, 0.15) is 23.2 Å². The SMILES string of the molecule is CS(=O)(=O)c1ccccc1C(=O)OCC(=O)N1CCC[C@H](C(N)=O)C1. The number of benzene rings is 1. The van der Waals surface area contributed by atoms with Crippen molar-refractivity contribution < 1.29 is 27.5 Å². The number of hydrogen-bond acceptors (Lipinski definition) is 6. The molecule has 0 unspecified atom stereocenters. The van der Waals surface area contributed by atoms with Gasteiger partial charge in [-0.1, -0.05) is 12.1 Å². The number of sulfone groups is 1. The van der Waals surface area contributed by atoms with Crippen LogP contribution < -0.4 is 5.73 Å². The van der Waals surface area contributed by atoms with Gasteiger partial charge in [0.05, 0.1) is 16.4 Å². The maximum absolute atomic E-state index is 12.2. The molecule has 25 heavy (non-hydrogen) atoms. The summed E-state index contributed by atoms with van der Waals surface area (Å²) in [6.45, 7) is 0.133. The first kappa shape index (κ1) is 18.9. The number of carbonyl (C=O) groups is 3. The predicted molar refractivity (Wildman–Crippen MR) is 88.3 cm³/mol. The van der Waals surface area contributed by atoms with Gasteiger partial charge in [0.25, 0.3) is 5.91 Å². The molecule has 136 valence electrons. The smallest absolute Gasteiger partial charge is 0.339 e. The second-order valence-corrected chi connectivity index (χ2v) is 7.91. The molecule has 0 bridgehead atoms. The van der Waals surface area contributed by atoms with Gasteiger partial charge in [-0.15, -0.1) is 0 Å². The highest BCUT2D eigenvalue weighted by atomic mass is 32.2. The fourth-order valence-electron chi connectivity index (χ4n) is 2.69. The molecule has 8 nitrogen and oxygen atoms in total. The molecule has 9 heteroatoms. The Morgan fingerprint density at radius 1 is 1.28 bits per heavy atom. The average Bonchev–Trinajstić information content (AvgIpc) is 2.58. The van der Waals surface area contributed by atoms with Gasteiger partial charge in [0.2, 0.25) is 5.91 Å². The van der Waals surface area contributed by atoms with E-state index < -0.39 is 40.1 Å². The molecule has 0 saturated carbocycles. The first-order valence-corrected chi connectivity index (χ1v) is 9.62. The Morgan fingerprint density at radius 2 is 1.96 bits per heavy atom. The molecule has 1 fully saturated rings. The van der Waals surface area contributed by atoms with Crippen molar-refractivity contribution in [2.24, 2.45) is 11.7 Å². The highest BCUT2D eigenvalue weighted by molar-refractivity contribution is 7.90. The van der Waals surface area contributed by atoms with Crippen molar-refractivity contribution in [2.45, 2.75) is 17.7 Å². The molecule has 2 N–H and O–H groups in total. The second-order valence-electron chi connectivity index (χ2n) is 5.93. The minimum absolute atomic E-state index is 0.119. The number of likely N-dealkylation sites (tertiary alicyclic amines) is 1. The lowest BCUT2D eigenvalue weighted by Gasteiger charge is -2.31. The van der Waals surface area contributed by atoms with E-state index in [1.807, 2.05) is 0 Å². The van der Waals surface area contributed by atoms with Gasteiger partial charge in [-0.05, 0) is 25.0 Å². The molecule has 2 rings (SSSR count). The molecule has 0 aromatic heterocycles. The number of nitrogens with zero attached hydrogens (tertiary/aromatic N) is 1. The number of nitrogens with two attached hydrogens (primary N) is 1. The van der Waals surface area contributed by atoms with Crippen LogP contribution in [-0.2, 0) is 24.2 Å². The lowest BCUT2D eigenvalue weighted by atomic mass is 9.97. The van der Waals surface area contributed by atoms with E-state index in [-0.39, 0.29) is 17.0 Å². The van der Waals surface area contributed by atoms with Crippen molar-refractivity contribution >= 4 is 27.6 Å². The lowest BCUT2D eigenvalue weighted by molar-refractivity contribution is -0.137. The average molecular weight is 368 g/mol. The Kier molecular flexibility index (Phi) is 5.78. The fraction of sp³-hybridized carbons (Fsp3) is 0.438. The number of esters is 1. The van der Waals surface area contributed by atoms with Crippen LogP contribution in [0.25, 0.3) is 0 Å². The molecule has 0 aliphatic carbocycles. The highest BCUT2D eigenvalue weighted by Crippen LogP contribution is 2.18. The molecule has 1 aromatic rings. The molecule has 1 saturated heterocycles. The van der Waals surface area contributed by atoms with Crippen molar-refractivity contribution in [3.8, 4) is 0 Å². The summed E-state index contributed by atoms with van der Waals surface area (Å²) < 4.78 is 28.4. The molecular formula is C16H20N2O6S. The number of primary amides is 1. The van der Waals surface area contributed by atoms with Crippen LogP contribution in [0.4, 0.5) is 0 Å². The third-order valence-electron chi connectivity index (χ3n) is 4.01. The fourth-order valence-corrected chi connectivity index (χ4v) is 3.57. The predicted octanol–water partition coefficient (Wildman–Crippen LogP) is -0.0292. The first-order chi connectivity index (χ1) is 11.7. The molecule has 1 aliphatic heterocycles. The summed E-state index contributed by atoms with van der Waals surface area (Å²) in [4.78, 5) is 36.8. The quantitative estimate of drug-likeness (QED) is 0.728. The molecule has 1 aromatic carbocycles. The van der Waals surface area contributed by atoms with E-state index in [0.29, 0.717) is 19.4 Å². The summed E-state index contributed by atoms with van der Waals surface area (Å²) in [6.07, 6.45) is 2.26. The number of piperidine rings is 1. The number of carbonyl (C=O) groups excluding carboxylic acids is 3. The lowest BCUT2D eigenvalue weighted by Crippen LogP contribution is -2.45. The summed E-state index contributed by atoms with van der Waals surface area (Å²) in [5, 5.41) is 0. The minimum Gasteiger partial charge on any atom is -0.452 e. The van der Waals surface area contributed by atoms with Gasteiger partial charge in [-0.2, -0.15) is 0 Å². The molecular weight excluding hydrogens is 348 g/mol. The van der Waals surface area contributed by atoms with Gasteiger partial charge in [-0.25, -0.2) is 13.2 Å². The Balaban J connectivity index is 2.01. The third-order valence-corrected chi connectivity index (χ3v) is 5.16. The molecule has 1 atom stereocenters. The Bertz CT molecular complexity index is 790. The summed E-state index contributed by atoms with van der Waals surface area (Å²) in [6, 6.07) is 5.63. The largest absolute Gasteiger partial charge is 0.452 e. The summed E-state index contributed by atoms with van der Waals surface area (Å²) in [7, 11) is -3.60. The van der Waals surface area contributed by atoms with Gasteiger partial charge < -0.3 is 15.4 Å². The van der Waals surface area contributed by atoms with E-state index in [0.717, 1.165) is 6.26 Å². The summed E-state index contributed by atoms with van der Waals surface area (Å²) in [5.41, 5.74) is 5.15. The van der Waals surface area contributed by atoms with Crippen molar-refractivity contribution in [3.05, 3.63) is 29.8 Å². The Morgan fingerprint density at radius 3 is 2.60 bits per heavy atom. The van der Waals surface area contributed by atoms with Crippen molar-refractivity contribution in [1.29, 1.82) is 0 Å². The Hall–Kier alpha value is -2.42. The van der Waals surface area contributed by atoms with Crippen LogP contribution in [-0.4, -0.2) is 57.1 Å². The van der Waals surface area contributed by atoms with Crippen LogP contribution in [0.5, 0.6) is 0 Å². The Labute approximate surface area is 145 Å². The third kappa shape index (κ3) is 4.79. The van der Waals surface area contributed by atoms with Gasteiger partial charge in [0.15, 0.2) is 16.4 Å². The number of rotatable bonds is 5. The highest BCUT2D eigenvalue weighted by Gasteiger charge is 2.28. The molecule has 0 radical (unpaired) electrons. The zero-order chi connectivity index (χ0) is 18.6. The number of hydrogen-bond donors (Lipinski definition) is 1. The second kappa shape index (κ2) is 7.64. The van der Waals surface area contributed by atoms with Gasteiger partial charge >= 0.3 is 5.97 Å². The van der Waals surface area contributed by atoms with Crippen molar-refractivity contribution in [3.63, 3.8) is 0 Å². The maximum atomic E-state index is 12.2. The molecule has 1 heterocycles. The van der Waals surface area contributed by atoms with E-state index in [9.17, 15) is 22.8 Å². The van der Waals surface area contributed by atoms with Crippen LogP contribution in [0.3, 0.4) is 0 Å². The maximum Gasteiger partial charge on any atom is 0.339 e. The summed E-state index contributed by atoms with van der Waals surface area (Å²) in [5.74, 6) is -2.20. The van der Waals surface area contributed by atoms with Crippen molar-refractivity contribution in [1.82, 2.24) is 4.90 Å². The van der Waals surface area contributed by atoms with Crippen LogP contribution in [0.2, 0.25) is 0 Å². The van der Waals surface area contributed by atoms with Gasteiger partial charge in [0.1, 0.15) is 0 Å². The number of ether oxygens (including phenoxy) is 1. The van der Waals surface area contributed by atoms with Crippen LogP contribution in [0, 0.1) is 5.92 Å². The monoisotopic (exact) mass is 368 g/mol. The molecule has 1 aliphatic rings. The summed E-state index contributed by atoms with van der Waals surface area (Å²) >= 11 is 0. The van der Waals surface area contributed by atoms with E-state index in [1.54, 1.807) is 0 Å². The van der Waals surface area contributed by atoms with E-state index >= 15 is 0 Å². The van der Waals surface area contributed by atoms with Gasteiger partial charge in [-0.3, -0.25) is 9.59 Å². The normalized spacial score (nSPS) is 17.8. The zero-order valence-corrected chi connectivity index (χ0v) is 14.6. The minimum atomic E-state index is -3.60. The molecule has 2 amide bonds. The van der Waals surface area contributed by atoms with Crippen molar-refractivity contribution in [2.75, 3.05) is 26.0 Å². The standard InChI is InChI=1S/C16H20N2O6S/c1-25(22,23)13-7-3-2-6-12(13)16(21)24-10-14(19)18-8-4-5-11(9-18)15(17)20/h2-3,6-7,11H,4-5,8-10H2,1H3,(H2,17,20)/t11-/m0/s1.